The summed E-state index contributed by atoms with van der Waals surface area (Å²) < 4.78 is 5.72. The summed E-state index contributed by atoms with van der Waals surface area (Å²) in [6.07, 6.45) is 1.72. The standard InChI is InChI=1S/C18H16N2O2S/c1-13-7-8-17(19-11-13)20-18(21)14-4-2-5-15(10-14)22-12-16-6-3-9-23-16/h2-11H,12H2,1H3,(H,19,20,21). The normalized spacial score (nSPS) is 10.3. The molecule has 2 heterocycles. The number of hydrogen-bond donors (Lipinski definition) is 1. The van der Waals surface area contributed by atoms with Crippen molar-refractivity contribution in [1.82, 2.24) is 4.98 Å². The Morgan fingerprint density at radius 3 is 2.87 bits per heavy atom. The Bertz CT molecular complexity index is 783. The molecule has 0 spiro atoms. The Morgan fingerprint density at radius 1 is 1.22 bits per heavy atom. The van der Waals surface area contributed by atoms with Crippen LogP contribution in [0.25, 0.3) is 0 Å². The molecule has 23 heavy (non-hydrogen) atoms. The van der Waals surface area contributed by atoms with Gasteiger partial charge in [0.1, 0.15) is 18.2 Å². The maximum absolute atomic E-state index is 12.3. The second kappa shape index (κ2) is 7.07. The van der Waals surface area contributed by atoms with Crippen LogP contribution in [0.2, 0.25) is 0 Å². The van der Waals surface area contributed by atoms with E-state index in [-0.39, 0.29) is 5.91 Å². The first-order valence-electron chi connectivity index (χ1n) is 7.20. The number of rotatable bonds is 5. The predicted molar refractivity (Wildman–Crippen MR) is 92.0 cm³/mol. The fraction of sp³-hybridized carbons (Fsp3) is 0.111. The summed E-state index contributed by atoms with van der Waals surface area (Å²) in [4.78, 5) is 17.6. The molecule has 0 atom stereocenters. The lowest BCUT2D eigenvalue weighted by Gasteiger charge is -2.08. The van der Waals surface area contributed by atoms with Crippen molar-refractivity contribution in [2.75, 3.05) is 5.32 Å². The highest BCUT2D eigenvalue weighted by Crippen LogP contribution is 2.18. The molecule has 0 unspecified atom stereocenters. The minimum absolute atomic E-state index is 0.206. The van der Waals surface area contributed by atoms with E-state index in [1.807, 2.05) is 36.6 Å². The van der Waals surface area contributed by atoms with E-state index in [1.54, 1.807) is 41.8 Å². The topological polar surface area (TPSA) is 51.2 Å². The van der Waals surface area contributed by atoms with Gasteiger partial charge in [-0.25, -0.2) is 4.98 Å². The predicted octanol–water partition coefficient (Wildman–Crippen LogP) is 4.28. The molecule has 0 fully saturated rings. The average molecular weight is 324 g/mol. The van der Waals surface area contributed by atoms with Crippen LogP contribution >= 0.6 is 11.3 Å². The molecule has 0 aliphatic carbocycles. The van der Waals surface area contributed by atoms with Crippen LogP contribution in [0.1, 0.15) is 20.8 Å². The number of benzene rings is 1. The Hall–Kier alpha value is -2.66. The molecule has 0 saturated carbocycles. The van der Waals surface area contributed by atoms with E-state index in [2.05, 4.69) is 10.3 Å². The van der Waals surface area contributed by atoms with Gasteiger partial charge in [0, 0.05) is 16.6 Å². The maximum Gasteiger partial charge on any atom is 0.256 e. The van der Waals surface area contributed by atoms with Gasteiger partial charge in [0.15, 0.2) is 0 Å². The number of thiophene rings is 1. The van der Waals surface area contributed by atoms with E-state index < -0.39 is 0 Å². The van der Waals surface area contributed by atoms with Crippen LogP contribution in [0.15, 0.2) is 60.1 Å². The number of carbonyl (C=O) groups excluding carboxylic acids is 1. The first-order chi connectivity index (χ1) is 11.2. The monoisotopic (exact) mass is 324 g/mol. The third-order valence-corrected chi connectivity index (χ3v) is 4.06. The zero-order chi connectivity index (χ0) is 16.1. The summed E-state index contributed by atoms with van der Waals surface area (Å²) in [7, 11) is 0. The molecule has 1 amide bonds. The molecule has 0 radical (unpaired) electrons. The molecule has 0 aliphatic rings. The average Bonchev–Trinajstić information content (AvgIpc) is 3.09. The Morgan fingerprint density at radius 2 is 2.13 bits per heavy atom. The van der Waals surface area contributed by atoms with Crippen molar-refractivity contribution in [2.24, 2.45) is 0 Å². The van der Waals surface area contributed by atoms with Crippen LogP contribution in [-0.2, 0) is 6.61 Å². The van der Waals surface area contributed by atoms with Crippen molar-refractivity contribution in [2.45, 2.75) is 13.5 Å². The summed E-state index contributed by atoms with van der Waals surface area (Å²) in [6.45, 7) is 2.45. The number of hydrogen-bond acceptors (Lipinski definition) is 4. The van der Waals surface area contributed by atoms with Gasteiger partial charge in [0.05, 0.1) is 0 Å². The molecular formula is C18H16N2O2S. The summed E-state index contributed by atoms with van der Waals surface area (Å²) in [5.74, 6) is 0.997. The van der Waals surface area contributed by atoms with Crippen LogP contribution in [0.3, 0.4) is 0 Å². The van der Waals surface area contributed by atoms with Gasteiger partial charge in [0.25, 0.3) is 5.91 Å². The lowest BCUT2D eigenvalue weighted by atomic mass is 10.2. The molecule has 0 bridgehead atoms. The molecule has 116 valence electrons. The molecule has 1 N–H and O–H groups in total. The van der Waals surface area contributed by atoms with Crippen molar-refractivity contribution in [1.29, 1.82) is 0 Å². The number of nitrogens with zero attached hydrogens (tertiary/aromatic N) is 1. The van der Waals surface area contributed by atoms with Gasteiger partial charge in [-0.3, -0.25) is 4.79 Å². The second-order valence-electron chi connectivity index (χ2n) is 5.07. The molecule has 0 saturated heterocycles. The van der Waals surface area contributed by atoms with Crippen LogP contribution < -0.4 is 10.1 Å². The van der Waals surface area contributed by atoms with Gasteiger partial charge in [-0.2, -0.15) is 0 Å². The number of ether oxygens (including phenoxy) is 1. The van der Waals surface area contributed by atoms with Crippen LogP contribution in [0.4, 0.5) is 5.82 Å². The molecule has 1 aromatic carbocycles. The Balaban J connectivity index is 1.66. The smallest absolute Gasteiger partial charge is 0.256 e. The maximum atomic E-state index is 12.3. The molecule has 3 rings (SSSR count). The zero-order valence-corrected chi connectivity index (χ0v) is 13.5. The number of nitrogens with one attached hydrogen (secondary N) is 1. The minimum Gasteiger partial charge on any atom is -0.488 e. The number of carbonyl (C=O) groups is 1. The van der Waals surface area contributed by atoms with E-state index in [4.69, 9.17) is 4.74 Å². The Kier molecular flexibility index (Phi) is 4.68. The summed E-state index contributed by atoms with van der Waals surface area (Å²) in [5, 5.41) is 4.79. The number of aromatic nitrogens is 1. The molecule has 3 aromatic rings. The van der Waals surface area contributed by atoms with Crippen molar-refractivity contribution < 1.29 is 9.53 Å². The van der Waals surface area contributed by atoms with Crippen LogP contribution in [-0.4, -0.2) is 10.9 Å². The summed E-state index contributed by atoms with van der Waals surface area (Å²) >= 11 is 1.64. The fourth-order valence-electron chi connectivity index (χ4n) is 2.01. The van der Waals surface area contributed by atoms with Crippen molar-refractivity contribution in [3.05, 3.63) is 76.1 Å². The van der Waals surface area contributed by atoms with Gasteiger partial charge < -0.3 is 10.1 Å². The molecule has 2 aromatic heterocycles. The lowest BCUT2D eigenvalue weighted by Crippen LogP contribution is -2.13. The second-order valence-corrected chi connectivity index (χ2v) is 6.10. The summed E-state index contributed by atoms with van der Waals surface area (Å²) in [6, 6.07) is 14.8. The highest BCUT2D eigenvalue weighted by molar-refractivity contribution is 7.09. The van der Waals surface area contributed by atoms with E-state index in [0.717, 1.165) is 10.4 Å². The molecule has 5 heteroatoms. The van der Waals surface area contributed by atoms with Gasteiger partial charge >= 0.3 is 0 Å². The third-order valence-electron chi connectivity index (χ3n) is 3.21. The largest absolute Gasteiger partial charge is 0.488 e. The first kappa shape index (κ1) is 15.2. The highest BCUT2D eigenvalue weighted by atomic mass is 32.1. The van der Waals surface area contributed by atoms with Crippen molar-refractivity contribution in [3.63, 3.8) is 0 Å². The lowest BCUT2D eigenvalue weighted by molar-refractivity contribution is 0.102. The van der Waals surface area contributed by atoms with Gasteiger partial charge in [-0.1, -0.05) is 18.2 Å². The van der Waals surface area contributed by atoms with E-state index in [9.17, 15) is 4.79 Å². The number of anilines is 1. The van der Waals surface area contributed by atoms with Crippen molar-refractivity contribution in [3.8, 4) is 5.75 Å². The van der Waals surface area contributed by atoms with Crippen molar-refractivity contribution >= 4 is 23.1 Å². The SMILES string of the molecule is Cc1ccc(NC(=O)c2cccc(OCc3cccs3)c2)nc1. The van der Waals surface area contributed by atoms with Gasteiger partial charge in [-0.15, -0.1) is 11.3 Å². The molecule has 4 nitrogen and oxygen atoms in total. The number of amides is 1. The third kappa shape index (κ3) is 4.17. The number of aryl methyl sites for hydroxylation is 1. The first-order valence-corrected chi connectivity index (χ1v) is 8.08. The number of pyridine rings is 1. The minimum atomic E-state index is -0.206. The van der Waals surface area contributed by atoms with E-state index in [0.29, 0.717) is 23.7 Å². The van der Waals surface area contributed by atoms with E-state index in [1.165, 1.54) is 0 Å². The van der Waals surface area contributed by atoms with Gasteiger partial charge in [0.2, 0.25) is 0 Å². The Labute approximate surface area is 138 Å². The molecular weight excluding hydrogens is 308 g/mol. The highest BCUT2D eigenvalue weighted by Gasteiger charge is 2.08. The van der Waals surface area contributed by atoms with Gasteiger partial charge in [-0.05, 0) is 48.2 Å². The summed E-state index contributed by atoms with van der Waals surface area (Å²) in [5.41, 5.74) is 1.59. The fourth-order valence-corrected chi connectivity index (χ4v) is 2.62. The van der Waals surface area contributed by atoms with E-state index >= 15 is 0 Å². The van der Waals surface area contributed by atoms with Crippen LogP contribution in [0.5, 0.6) is 5.75 Å². The van der Waals surface area contributed by atoms with Crippen LogP contribution in [0, 0.1) is 6.92 Å². The molecule has 0 aliphatic heterocycles. The zero-order valence-electron chi connectivity index (χ0n) is 12.7. The quantitative estimate of drug-likeness (QED) is 0.762.